The summed E-state index contributed by atoms with van der Waals surface area (Å²) in [5.41, 5.74) is 9.79. The van der Waals surface area contributed by atoms with Crippen LogP contribution in [0.5, 0.6) is 0 Å². The highest BCUT2D eigenvalue weighted by molar-refractivity contribution is 5.78. The van der Waals surface area contributed by atoms with Crippen LogP contribution in [0.4, 0.5) is 5.95 Å². The maximum atomic E-state index is 5.68. The third kappa shape index (κ3) is 0.983. The molecule has 0 unspecified atom stereocenters. The first-order valence-corrected chi connectivity index (χ1v) is 4.15. The first-order chi connectivity index (χ1) is 6.11. The predicted molar refractivity (Wildman–Crippen MR) is 52.4 cm³/mol. The summed E-state index contributed by atoms with van der Waals surface area (Å²) in [6.07, 6.45) is 1.82. The number of aryl methyl sites for hydroxylation is 3. The lowest BCUT2D eigenvalue weighted by Crippen LogP contribution is -1.97. The average molecular weight is 176 g/mol. The Bertz CT molecular complexity index is 470. The first-order valence-electron chi connectivity index (χ1n) is 4.15. The molecule has 2 N–H and O–H groups in total. The molecule has 0 fully saturated rings. The van der Waals surface area contributed by atoms with E-state index in [1.54, 1.807) is 0 Å². The van der Waals surface area contributed by atoms with E-state index in [1.165, 1.54) is 5.56 Å². The van der Waals surface area contributed by atoms with E-state index in [4.69, 9.17) is 5.73 Å². The van der Waals surface area contributed by atoms with Gasteiger partial charge in [-0.25, -0.2) is 4.98 Å². The Hall–Kier alpha value is -1.58. The molecule has 2 heterocycles. The number of hydrogen-bond donors (Lipinski definition) is 1. The highest BCUT2D eigenvalue weighted by Crippen LogP contribution is 2.20. The van der Waals surface area contributed by atoms with Crippen molar-refractivity contribution in [2.75, 3.05) is 5.73 Å². The number of pyridine rings is 1. The van der Waals surface area contributed by atoms with Crippen molar-refractivity contribution in [1.82, 2.24) is 14.5 Å². The van der Waals surface area contributed by atoms with Crippen LogP contribution >= 0.6 is 0 Å². The fourth-order valence-corrected chi connectivity index (χ4v) is 1.45. The molecule has 0 aliphatic carbocycles. The second kappa shape index (κ2) is 2.45. The fraction of sp³-hybridized carbons (Fsp3) is 0.333. The van der Waals surface area contributed by atoms with E-state index in [9.17, 15) is 0 Å². The lowest BCUT2D eigenvalue weighted by Gasteiger charge is -2.02. The SMILES string of the molecule is Cc1cnc2nc(N)n(C)c2c1C. The van der Waals surface area contributed by atoms with Gasteiger partial charge in [0.2, 0.25) is 5.95 Å². The maximum Gasteiger partial charge on any atom is 0.202 e. The number of aromatic nitrogens is 3. The van der Waals surface area contributed by atoms with E-state index >= 15 is 0 Å². The lowest BCUT2D eigenvalue weighted by atomic mass is 10.1. The van der Waals surface area contributed by atoms with Crippen LogP contribution in [0.2, 0.25) is 0 Å². The van der Waals surface area contributed by atoms with Crippen molar-refractivity contribution in [2.45, 2.75) is 13.8 Å². The van der Waals surface area contributed by atoms with Crippen LogP contribution < -0.4 is 5.73 Å². The molecule has 68 valence electrons. The van der Waals surface area contributed by atoms with Gasteiger partial charge in [0, 0.05) is 13.2 Å². The molecule has 0 amide bonds. The first kappa shape index (κ1) is 8.04. The molecular formula is C9H12N4. The number of nitrogens with zero attached hydrogens (tertiary/aromatic N) is 3. The van der Waals surface area contributed by atoms with Gasteiger partial charge < -0.3 is 10.3 Å². The number of hydrogen-bond acceptors (Lipinski definition) is 3. The Morgan fingerprint density at radius 1 is 1.38 bits per heavy atom. The molecule has 0 aromatic carbocycles. The third-order valence-corrected chi connectivity index (χ3v) is 2.44. The summed E-state index contributed by atoms with van der Waals surface area (Å²) in [5, 5.41) is 0. The maximum absolute atomic E-state index is 5.68. The summed E-state index contributed by atoms with van der Waals surface area (Å²) < 4.78 is 1.87. The van der Waals surface area contributed by atoms with E-state index < -0.39 is 0 Å². The van der Waals surface area contributed by atoms with Crippen LogP contribution in [0.15, 0.2) is 6.20 Å². The summed E-state index contributed by atoms with van der Waals surface area (Å²) in [7, 11) is 1.90. The Morgan fingerprint density at radius 3 is 2.77 bits per heavy atom. The Morgan fingerprint density at radius 2 is 2.08 bits per heavy atom. The number of anilines is 1. The number of nitrogens with two attached hydrogens (primary N) is 1. The van der Waals surface area contributed by atoms with Gasteiger partial charge in [-0.3, -0.25) is 0 Å². The minimum atomic E-state index is 0.510. The fourth-order valence-electron chi connectivity index (χ4n) is 1.45. The van der Waals surface area contributed by atoms with Crippen LogP contribution in [0, 0.1) is 13.8 Å². The van der Waals surface area contributed by atoms with Gasteiger partial charge in [0.05, 0.1) is 5.52 Å². The molecule has 0 atom stereocenters. The van der Waals surface area contributed by atoms with Gasteiger partial charge in [0.15, 0.2) is 5.65 Å². The van der Waals surface area contributed by atoms with E-state index in [0.29, 0.717) is 5.95 Å². The van der Waals surface area contributed by atoms with Crippen LogP contribution in [-0.4, -0.2) is 14.5 Å². The molecule has 4 nitrogen and oxygen atoms in total. The van der Waals surface area contributed by atoms with Crippen molar-refractivity contribution < 1.29 is 0 Å². The highest BCUT2D eigenvalue weighted by atomic mass is 15.2. The van der Waals surface area contributed by atoms with Gasteiger partial charge in [-0.2, -0.15) is 4.98 Å². The van der Waals surface area contributed by atoms with Crippen molar-refractivity contribution in [3.8, 4) is 0 Å². The Kier molecular flexibility index (Phi) is 1.52. The van der Waals surface area contributed by atoms with E-state index in [2.05, 4.69) is 16.9 Å². The van der Waals surface area contributed by atoms with Crippen molar-refractivity contribution in [3.63, 3.8) is 0 Å². The van der Waals surface area contributed by atoms with Crippen molar-refractivity contribution in [3.05, 3.63) is 17.3 Å². The Labute approximate surface area is 76.4 Å². The zero-order chi connectivity index (χ0) is 9.59. The van der Waals surface area contributed by atoms with Gasteiger partial charge in [-0.05, 0) is 25.0 Å². The minimum Gasteiger partial charge on any atom is -0.369 e. The molecule has 0 saturated carbocycles. The number of nitrogen functional groups attached to an aromatic ring is 1. The van der Waals surface area contributed by atoms with Gasteiger partial charge in [-0.1, -0.05) is 0 Å². The van der Waals surface area contributed by atoms with E-state index in [0.717, 1.165) is 16.7 Å². The molecule has 0 spiro atoms. The van der Waals surface area contributed by atoms with Gasteiger partial charge in [0.25, 0.3) is 0 Å². The molecule has 13 heavy (non-hydrogen) atoms. The summed E-state index contributed by atoms with van der Waals surface area (Å²) in [6, 6.07) is 0. The molecule has 4 heteroatoms. The zero-order valence-electron chi connectivity index (χ0n) is 8.00. The Balaban J connectivity index is 2.97. The highest BCUT2D eigenvalue weighted by Gasteiger charge is 2.09. The largest absolute Gasteiger partial charge is 0.369 e. The molecule has 0 bridgehead atoms. The second-order valence-corrected chi connectivity index (χ2v) is 3.27. The van der Waals surface area contributed by atoms with Gasteiger partial charge in [0.1, 0.15) is 0 Å². The topological polar surface area (TPSA) is 56.7 Å². The summed E-state index contributed by atoms with van der Waals surface area (Å²) >= 11 is 0. The van der Waals surface area contributed by atoms with Gasteiger partial charge >= 0.3 is 0 Å². The number of fused-ring (bicyclic) bond motifs is 1. The van der Waals surface area contributed by atoms with Crippen molar-refractivity contribution >= 4 is 17.1 Å². The molecule has 0 aliphatic heterocycles. The van der Waals surface area contributed by atoms with E-state index in [1.807, 2.05) is 24.7 Å². The van der Waals surface area contributed by atoms with Crippen molar-refractivity contribution in [2.24, 2.45) is 7.05 Å². The zero-order valence-corrected chi connectivity index (χ0v) is 8.00. The standard InChI is InChI=1S/C9H12N4/c1-5-4-11-8-7(6(5)2)13(3)9(10)12-8/h4H,1-3H3,(H2,10,11,12). The van der Waals surface area contributed by atoms with Crippen LogP contribution in [0.3, 0.4) is 0 Å². The molecular weight excluding hydrogens is 164 g/mol. The van der Waals surface area contributed by atoms with Crippen molar-refractivity contribution in [1.29, 1.82) is 0 Å². The minimum absolute atomic E-state index is 0.510. The second-order valence-electron chi connectivity index (χ2n) is 3.27. The van der Waals surface area contributed by atoms with Crippen LogP contribution in [0.1, 0.15) is 11.1 Å². The number of rotatable bonds is 0. The monoisotopic (exact) mass is 176 g/mol. The quantitative estimate of drug-likeness (QED) is 0.655. The normalized spacial score (nSPS) is 11.0. The van der Waals surface area contributed by atoms with Crippen LogP contribution in [0.25, 0.3) is 11.2 Å². The lowest BCUT2D eigenvalue weighted by molar-refractivity contribution is 0.959. The molecule has 0 aliphatic rings. The molecule has 0 saturated heterocycles. The van der Waals surface area contributed by atoms with Gasteiger partial charge in [-0.15, -0.1) is 0 Å². The summed E-state index contributed by atoms with van der Waals surface area (Å²) in [4.78, 5) is 8.36. The van der Waals surface area contributed by atoms with Crippen LogP contribution in [-0.2, 0) is 7.05 Å². The molecule has 2 rings (SSSR count). The molecule has 2 aromatic rings. The molecule has 2 aromatic heterocycles. The number of imidazole rings is 1. The third-order valence-electron chi connectivity index (χ3n) is 2.44. The predicted octanol–water partition coefficient (Wildman–Crippen LogP) is 1.17. The summed E-state index contributed by atoms with van der Waals surface area (Å²) in [5.74, 6) is 0.510. The average Bonchev–Trinajstić information content (AvgIpc) is 2.37. The molecule has 0 radical (unpaired) electrons. The van der Waals surface area contributed by atoms with E-state index in [-0.39, 0.29) is 0 Å². The summed E-state index contributed by atoms with van der Waals surface area (Å²) in [6.45, 7) is 4.09. The smallest absolute Gasteiger partial charge is 0.202 e.